The molecule has 0 aliphatic carbocycles. The summed E-state index contributed by atoms with van der Waals surface area (Å²) < 4.78 is 5.04. The predicted molar refractivity (Wildman–Crippen MR) is 91.5 cm³/mol. The Morgan fingerprint density at radius 3 is 1.86 bits per heavy atom. The minimum absolute atomic E-state index is 0.0831. The molecule has 0 aromatic heterocycles. The van der Waals surface area contributed by atoms with Gasteiger partial charge in [0.25, 0.3) is 0 Å². The summed E-state index contributed by atoms with van der Waals surface area (Å²) in [6.45, 7) is 4.68. The van der Waals surface area contributed by atoms with Gasteiger partial charge in [-0.05, 0) is 32.1 Å². The molecule has 2 nitrogen and oxygen atoms in total. The zero-order valence-electron chi connectivity index (χ0n) is 14.4. The lowest BCUT2D eigenvalue weighted by Crippen LogP contribution is -2.03. The summed E-state index contributed by atoms with van der Waals surface area (Å²) >= 11 is 0. The van der Waals surface area contributed by atoms with Crippen LogP contribution in [-0.4, -0.2) is 12.6 Å². The zero-order valence-corrected chi connectivity index (χ0v) is 14.4. The molecule has 0 saturated heterocycles. The van der Waals surface area contributed by atoms with E-state index in [0.717, 1.165) is 19.3 Å². The maximum atomic E-state index is 10.9. The highest BCUT2D eigenvalue weighted by Gasteiger charge is 1.96. The molecule has 0 heterocycles. The molecule has 0 aromatic rings. The second-order valence-corrected chi connectivity index (χ2v) is 5.80. The van der Waals surface area contributed by atoms with Gasteiger partial charge in [0.15, 0.2) is 0 Å². The van der Waals surface area contributed by atoms with Crippen LogP contribution in [-0.2, 0) is 9.53 Å². The molecule has 0 unspecified atom stereocenters. The molecule has 0 aliphatic rings. The molecular formula is C19H36O2. The number of hydrogen-bond acceptors (Lipinski definition) is 2. The van der Waals surface area contributed by atoms with Gasteiger partial charge in [-0.25, -0.2) is 0 Å². The van der Waals surface area contributed by atoms with Crippen LogP contribution in [0.4, 0.5) is 0 Å². The first-order valence-electron chi connectivity index (χ1n) is 9.11. The van der Waals surface area contributed by atoms with E-state index in [1.165, 1.54) is 57.8 Å². The summed E-state index contributed by atoms with van der Waals surface area (Å²) in [6.07, 6.45) is 20.6. The van der Waals surface area contributed by atoms with Crippen molar-refractivity contribution in [3.63, 3.8) is 0 Å². The fourth-order valence-corrected chi connectivity index (χ4v) is 2.28. The highest BCUT2D eigenvalue weighted by atomic mass is 16.5. The molecule has 0 bridgehead atoms. The van der Waals surface area contributed by atoms with Crippen molar-refractivity contribution in [1.29, 1.82) is 0 Å². The van der Waals surface area contributed by atoms with Gasteiger partial charge >= 0.3 is 5.97 Å². The largest absolute Gasteiger partial charge is 0.466 e. The summed E-state index contributed by atoms with van der Waals surface area (Å²) in [6, 6.07) is 0. The quantitative estimate of drug-likeness (QED) is 0.204. The van der Waals surface area contributed by atoms with Gasteiger partial charge in [-0.2, -0.15) is 0 Å². The molecule has 0 spiro atoms. The molecule has 21 heavy (non-hydrogen) atoms. The monoisotopic (exact) mass is 296 g/mol. The van der Waals surface area contributed by atoms with E-state index in [2.05, 4.69) is 19.1 Å². The lowest BCUT2D eigenvalue weighted by Gasteiger charge is -2.01. The standard InChI is InChI=1S/C19H36O2/c1-3-5-6-7-8-9-10-11-12-13-14-15-16-17-18-21-19(20)4-2/h13-14H,3-12,15-18H2,1-2H3/b14-13+. The number of hydrogen-bond donors (Lipinski definition) is 0. The van der Waals surface area contributed by atoms with Crippen LogP contribution >= 0.6 is 0 Å². The van der Waals surface area contributed by atoms with Crippen molar-refractivity contribution in [1.82, 2.24) is 0 Å². The molecule has 0 amide bonds. The van der Waals surface area contributed by atoms with Crippen molar-refractivity contribution in [2.24, 2.45) is 0 Å². The third-order valence-electron chi connectivity index (χ3n) is 3.71. The number of esters is 1. The van der Waals surface area contributed by atoms with Crippen molar-refractivity contribution in [3.8, 4) is 0 Å². The summed E-state index contributed by atoms with van der Waals surface area (Å²) in [4.78, 5) is 10.9. The van der Waals surface area contributed by atoms with E-state index in [0.29, 0.717) is 13.0 Å². The number of unbranched alkanes of at least 4 members (excludes halogenated alkanes) is 10. The minimum Gasteiger partial charge on any atom is -0.466 e. The number of carbonyl (C=O) groups excluding carboxylic acids is 1. The van der Waals surface area contributed by atoms with E-state index in [1.54, 1.807) is 0 Å². The average Bonchev–Trinajstić information content (AvgIpc) is 2.50. The van der Waals surface area contributed by atoms with Crippen LogP contribution in [0.3, 0.4) is 0 Å². The number of allylic oxidation sites excluding steroid dienone is 2. The van der Waals surface area contributed by atoms with Crippen LogP contribution in [0.1, 0.15) is 97.3 Å². The molecule has 0 fully saturated rings. The van der Waals surface area contributed by atoms with E-state index in [9.17, 15) is 4.79 Å². The third kappa shape index (κ3) is 17.2. The predicted octanol–water partition coefficient (Wildman–Crippen LogP) is 6.20. The van der Waals surface area contributed by atoms with Gasteiger partial charge in [-0.3, -0.25) is 4.79 Å². The van der Waals surface area contributed by atoms with E-state index in [4.69, 9.17) is 4.74 Å². The van der Waals surface area contributed by atoms with Gasteiger partial charge in [-0.1, -0.05) is 70.9 Å². The zero-order chi connectivity index (χ0) is 15.6. The Hall–Kier alpha value is -0.790. The Bertz CT molecular complexity index is 246. The molecule has 0 aromatic carbocycles. The molecule has 0 rings (SSSR count). The van der Waals surface area contributed by atoms with Gasteiger partial charge in [0, 0.05) is 6.42 Å². The van der Waals surface area contributed by atoms with Crippen LogP contribution in [0, 0.1) is 0 Å². The molecule has 124 valence electrons. The van der Waals surface area contributed by atoms with E-state index in [1.807, 2.05) is 6.92 Å². The lowest BCUT2D eigenvalue weighted by atomic mass is 10.1. The minimum atomic E-state index is -0.0831. The van der Waals surface area contributed by atoms with Crippen molar-refractivity contribution < 1.29 is 9.53 Å². The third-order valence-corrected chi connectivity index (χ3v) is 3.71. The first-order valence-corrected chi connectivity index (χ1v) is 9.11. The second kappa shape index (κ2) is 17.3. The molecule has 2 heteroatoms. The average molecular weight is 296 g/mol. The van der Waals surface area contributed by atoms with Crippen molar-refractivity contribution >= 4 is 5.97 Å². The Morgan fingerprint density at radius 2 is 1.29 bits per heavy atom. The molecule has 0 radical (unpaired) electrons. The Kier molecular flexibility index (Phi) is 16.6. The summed E-state index contributed by atoms with van der Waals surface area (Å²) in [7, 11) is 0. The van der Waals surface area contributed by atoms with Gasteiger partial charge < -0.3 is 4.74 Å². The highest BCUT2D eigenvalue weighted by Crippen LogP contribution is 2.10. The maximum Gasteiger partial charge on any atom is 0.305 e. The SMILES string of the molecule is CCCCCCCCCC/C=C/CCCCOC(=O)CC. The van der Waals surface area contributed by atoms with E-state index >= 15 is 0 Å². The normalized spacial score (nSPS) is 11.1. The Labute approximate surface area is 132 Å². The number of rotatable bonds is 15. The second-order valence-electron chi connectivity index (χ2n) is 5.80. The number of ether oxygens (including phenoxy) is 1. The summed E-state index contributed by atoms with van der Waals surface area (Å²) in [5.41, 5.74) is 0. The smallest absolute Gasteiger partial charge is 0.305 e. The molecule has 0 aliphatic heterocycles. The summed E-state index contributed by atoms with van der Waals surface area (Å²) in [5.74, 6) is -0.0831. The molecular weight excluding hydrogens is 260 g/mol. The maximum absolute atomic E-state index is 10.9. The van der Waals surface area contributed by atoms with E-state index in [-0.39, 0.29) is 5.97 Å². The van der Waals surface area contributed by atoms with Crippen molar-refractivity contribution in [2.75, 3.05) is 6.61 Å². The highest BCUT2D eigenvalue weighted by molar-refractivity contribution is 5.68. The van der Waals surface area contributed by atoms with Crippen molar-refractivity contribution in [3.05, 3.63) is 12.2 Å². The van der Waals surface area contributed by atoms with Crippen molar-refractivity contribution in [2.45, 2.75) is 97.3 Å². The first-order chi connectivity index (χ1) is 10.3. The fourth-order valence-electron chi connectivity index (χ4n) is 2.28. The summed E-state index contributed by atoms with van der Waals surface area (Å²) in [5, 5.41) is 0. The molecule has 0 N–H and O–H groups in total. The van der Waals surface area contributed by atoms with Gasteiger partial charge in [0.2, 0.25) is 0 Å². The van der Waals surface area contributed by atoms with Crippen LogP contribution in [0.2, 0.25) is 0 Å². The van der Waals surface area contributed by atoms with Crippen LogP contribution < -0.4 is 0 Å². The number of carbonyl (C=O) groups is 1. The topological polar surface area (TPSA) is 26.3 Å². The Morgan fingerprint density at radius 1 is 0.762 bits per heavy atom. The van der Waals surface area contributed by atoms with Crippen LogP contribution in [0.25, 0.3) is 0 Å². The lowest BCUT2D eigenvalue weighted by molar-refractivity contribution is -0.143. The van der Waals surface area contributed by atoms with Gasteiger partial charge in [0.1, 0.15) is 0 Å². The van der Waals surface area contributed by atoms with Crippen LogP contribution in [0.5, 0.6) is 0 Å². The molecule has 0 saturated carbocycles. The molecule has 0 atom stereocenters. The van der Waals surface area contributed by atoms with Gasteiger partial charge in [0.05, 0.1) is 6.61 Å². The van der Waals surface area contributed by atoms with Crippen LogP contribution in [0.15, 0.2) is 12.2 Å². The fraction of sp³-hybridized carbons (Fsp3) is 0.842. The van der Waals surface area contributed by atoms with E-state index < -0.39 is 0 Å². The first kappa shape index (κ1) is 20.2. The Balaban J connectivity index is 3.10. The van der Waals surface area contributed by atoms with Gasteiger partial charge in [-0.15, -0.1) is 0 Å².